The van der Waals surface area contributed by atoms with Crippen LogP contribution in [0.4, 0.5) is 10.3 Å². The lowest BCUT2D eigenvalue weighted by atomic mass is 10.0. The number of nitrogens with zero attached hydrogens (tertiary/aromatic N) is 6. The third kappa shape index (κ3) is 4.78. The van der Waals surface area contributed by atoms with Crippen LogP contribution in [0, 0.1) is 11.3 Å². The number of sulfonamides is 1. The Labute approximate surface area is 191 Å². The Balaban J connectivity index is 1.45. The molecular weight excluding hydrogens is 453 g/mol. The molecule has 0 bridgehead atoms. The Kier molecular flexibility index (Phi) is 6.26. The van der Waals surface area contributed by atoms with Gasteiger partial charge in [-0.25, -0.2) is 17.8 Å². The van der Waals surface area contributed by atoms with Gasteiger partial charge in [-0.05, 0) is 32.6 Å². The summed E-state index contributed by atoms with van der Waals surface area (Å²) in [6, 6.07) is 1.24. The maximum Gasteiger partial charge on any atom is 0.246 e. The number of halogens is 1. The Bertz CT molecular complexity index is 1160. The maximum absolute atomic E-state index is 14.9. The molecule has 1 saturated carbocycles. The number of ether oxygens (including phenoxy) is 1. The zero-order valence-corrected chi connectivity index (χ0v) is 19.2. The average molecular weight is 480 g/mol. The topological polar surface area (TPSA) is 146 Å². The molecule has 1 aliphatic heterocycles. The van der Waals surface area contributed by atoms with Crippen LogP contribution in [-0.4, -0.2) is 74.6 Å². The second-order valence-electron chi connectivity index (χ2n) is 8.65. The van der Waals surface area contributed by atoms with Crippen molar-refractivity contribution in [1.29, 1.82) is 5.26 Å². The molecule has 4 rings (SSSR count). The van der Waals surface area contributed by atoms with Crippen molar-refractivity contribution >= 4 is 16.0 Å². The van der Waals surface area contributed by atoms with E-state index in [1.807, 2.05) is 6.07 Å². The van der Waals surface area contributed by atoms with Crippen molar-refractivity contribution in [2.75, 3.05) is 18.4 Å². The van der Waals surface area contributed by atoms with Gasteiger partial charge in [-0.2, -0.15) is 19.6 Å². The first kappa shape index (κ1) is 23.3. The van der Waals surface area contributed by atoms with Gasteiger partial charge in [-0.15, -0.1) is 0 Å². The minimum Gasteiger partial charge on any atom is -0.470 e. The van der Waals surface area contributed by atoms with Gasteiger partial charge >= 0.3 is 0 Å². The average Bonchev–Trinajstić information content (AvgIpc) is 3.35. The van der Waals surface area contributed by atoms with Crippen molar-refractivity contribution in [2.24, 2.45) is 7.05 Å². The van der Waals surface area contributed by atoms with Crippen LogP contribution in [-0.2, 0) is 17.1 Å². The highest BCUT2D eigenvalue weighted by atomic mass is 32.2. The van der Waals surface area contributed by atoms with Gasteiger partial charge in [0, 0.05) is 26.3 Å². The molecular formula is C20H26FN7O4S. The molecule has 33 heavy (non-hydrogen) atoms. The van der Waals surface area contributed by atoms with Gasteiger partial charge in [0.15, 0.2) is 0 Å². The molecule has 2 N–H and O–H groups in total. The quantitative estimate of drug-likeness (QED) is 0.619. The van der Waals surface area contributed by atoms with E-state index >= 15 is 0 Å². The van der Waals surface area contributed by atoms with E-state index in [1.54, 1.807) is 14.0 Å². The first-order valence-corrected chi connectivity index (χ1v) is 12.1. The van der Waals surface area contributed by atoms with Crippen LogP contribution in [0.5, 0.6) is 5.88 Å². The molecule has 1 aliphatic carbocycles. The van der Waals surface area contributed by atoms with E-state index in [-0.39, 0.29) is 41.8 Å². The van der Waals surface area contributed by atoms with Gasteiger partial charge < -0.3 is 15.2 Å². The Morgan fingerprint density at radius 1 is 1.39 bits per heavy atom. The SMILES string of the molecule is Cn1cc(S(=O)(=O)N2CC[C@H](Nc3ncc(C#N)c(O[C@@H]4CCC[C@]4(C)O)n3)[C@@H](F)C2)cn1. The molecule has 178 valence electrons. The monoisotopic (exact) mass is 479 g/mol. The van der Waals surface area contributed by atoms with Crippen LogP contribution in [0.2, 0.25) is 0 Å². The van der Waals surface area contributed by atoms with Crippen LogP contribution >= 0.6 is 0 Å². The summed E-state index contributed by atoms with van der Waals surface area (Å²) in [6.07, 6.45) is 4.06. The van der Waals surface area contributed by atoms with Gasteiger partial charge in [-0.3, -0.25) is 4.68 Å². The second-order valence-corrected chi connectivity index (χ2v) is 10.6. The van der Waals surface area contributed by atoms with Gasteiger partial charge in [0.1, 0.15) is 28.8 Å². The van der Waals surface area contributed by atoms with Crippen molar-refractivity contribution in [3.05, 3.63) is 24.2 Å². The standard InChI is InChI=1S/C20H26FN7O4S/c1-20(29)6-3-4-17(20)32-18-13(8-22)9-23-19(26-18)25-16-5-7-28(12-15(16)21)33(30,31)14-10-24-27(2)11-14/h9-11,15-17,29H,3-7,12H2,1-2H3,(H,23,25,26)/t15-,16-,17+,20-/m0/s1. The summed E-state index contributed by atoms with van der Waals surface area (Å²) in [5.41, 5.74) is -0.917. The van der Waals surface area contributed by atoms with Gasteiger partial charge in [0.05, 0.1) is 24.0 Å². The number of rotatable bonds is 6. The number of nitriles is 1. The number of aliphatic hydroxyl groups is 1. The Morgan fingerprint density at radius 2 is 2.18 bits per heavy atom. The molecule has 1 saturated heterocycles. The molecule has 4 atom stereocenters. The molecule has 3 heterocycles. The van der Waals surface area contributed by atoms with Crippen LogP contribution < -0.4 is 10.1 Å². The van der Waals surface area contributed by atoms with E-state index < -0.39 is 33.9 Å². The first-order chi connectivity index (χ1) is 15.6. The summed E-state index contributed by atoms with van der Waals surface area (Å²) in [7, 11) is -2.23. The third-order valence-electron chi connectivity index (χ3n) is 6.11. The Hall–Kier alpha value is -2.82. The lowest BCUT2D eigenvalue weighted by molar-refractivity contribution is -0.0271. The number of hydrogen-bond acceptors (Lipinski definition) is 9. The van der Waals surface area contributed by atoms with Crippen LogP contribution in [0.25, 0.3) is 0 Å². The normalized spacial score (nSPS) is 28.4. The van der Waals surface area contributed by atoms with E-state index in [0.29, 0.717) is 12.8 Å². The highest BCUT2D eigenvalue weighted by molar-refractivity contribution is 7.89. The molecule has 11 nitrogen and oxygen atoms in total. The smallest absolute Gasteiger partial charge is 0.246 e. The van der Waals surface area contributed by atoms with Crippen LogP contribution in [0.15, 0.2) is 23.5 Å². The van der Waals surface area contributed by atoms with Crippen molar-refractivity contribution in [3.63, 3.8) is 0 Å². The number of alkyl halides is 1. The minimum atomic E-state index is -3.84. The zero-order valence-electron chi connectivity index (χ0n) is 18.3. The number of anilines is 1. The fourth-order valence-electron chi connectivity index (χ4n) is 4.14. The summed E-state index contributed by atoms with van der Waals surface area (Å²) < 4.78 is 48.7. The molecule has 2 aliphatic rings. The summed E-state index contributed by atoms with van der Waals surface area (Å²) >= 11 is 0. The predicted molar refractivity (Wildman–Crippen MR) is 115 cm³/mol. The molecule has 0 amide bonds. The summed E-state index contributed by atoms with van der Waals surface area (Å²) in [5, 5.41) is 26.6. The van der Waals surface area contributed by atoms with Crippen molar-refractivity contribution in [1.82, 2.24) is 24.1 Å². The molecule has 2 fully saturated rings. The van der Waals surface area contributed by atoms with E-state index in [1.165, 1.54) is 23.3 Å². The highest BCUT2D eigenvalue weighted by Gasteiger charge is 2.40. The van der Waals surface area contributed by atoms with Crippen LogP contribution in [0.3, 0.4) is 0 Å². The van der Waals surface area contributed by atoms with E-state index in [2.05, 4.69) is 20.4 Å². The minimum absolute atomic E-state index is 0.0172. The van der Waals surface area contributed by atoms with Gasteiger partial charge in [-0.1, -0.05) is 0 Å². The van der Waals surface area contributed by atoms with Crippen molar-refractivity contribution in [2.45, 2.75) is 61.4 Å². The molecule has 0 unspecified atom stereocenters. The number of hydrogen-bond donors (Lipinski definition) is 2. The summed E-state index contributed by atoms with van der Waals surface area (Å²) in [6.45, 7) is 1.47. The highest BCUT2D eigenvalue weighted by Crippen LogP contribution is 2.33. The fourth-order valence-corrected chi connectivity index (χ4v) is 5.59. The Morgan fingerprint density at radius 3 is 2.79 bits per heavy atom. The summed E-state index contributed by atoms with van der Waals surface area (Å²) in [4.78, 5) is 8.32. The van der Waals surface area contributed by atoms with Gasteiger partial charge in [0.2, 0.25) is 21.9 Å². The van der Waals surface area contributed by atoms with E-state index in [9.17, 15) is 23.2 Å². The number of nitrogens with one attached hydrogen (secondary N) is 1. The van der Waals surface area contributed by atoms with E-state index in [0.717, 1.165) is 10.7 Å². The van der Waals surface area contributed by atoms with Crippen LogP contribution in [0.1, 0.15) is 38.2 Å². The first-order valence-electron chi connectivity index (χ1n) is 10.7. The molecule has 0 spiro atoms. The maximum atomic E-state index is 14.9. The second kappa shape index (κ2) is 8.85. The largest absolute Gasteiger partial charge is 0.470 e. The third-order valence-corrected chi connectivity index (χ3v) is 7.93. The van der Waals surface area contributed by atoms with Crippen molar-refractivity contribution < 1.29 is 22.7 Å². The summed E-state index contributed by atoms with van der Waals surface area (Å²) in [5.74, 6) is 0.0898. The molecule has 13 heteroatoms. The number of aryl methyl sites for hydroxylation is 1. The van der Waals surface area contributed by atoms with E-state index in [4.69, 9.17) is 4.74 Å². The molecule has 0 radical (unpaired) electrons. The lowest BCUT2D eigenvalue weighted by Crippen LogP contribution is -2.50. The number of piperidine rings is 1. The number of aromatic nitrogens is 4. The zero-order chi connectivity index (χ0) is 23.8. The fraction of sp³-hybridized carbons (Fsp3) is 0.600. The molecule has 0 aromatic carbocycles. The lowest BCUT2D eigenvalue weighted by Gasteiger charge is -2.34. The molecule has 2 aromatic rings. The van der Waals surface area contributed by atoms with Gasteiger partial charge in [0.25, 0.3) is 0 Å². The molecule has 2 aromatic heterocycles. The van der Waals surface area contributed by atoms with Crippen molar-refractivity contribution in [3.8, 4) is 11.9 Å². The predicted octanol–water partition coefficient (Wildman–Crippen LogP) is 0.977.